The van der Waals surface area contributed by atoms with Crippen LogP contribution in [0.5, 0.6) is 0 Å². The van der Waals surface area contributed by atoms with Crippen molar-refractivity contribution in [3.05, 3.63) is 0 Å². The van der Waals surface area contributed by atoms with Crippen LogP contribution < -0.4 is 17.7 Å². The number of nitrogens with two attached hydrogens (primary N) is 1. The topological polar surface area (TPSA) is 66.3 Å². The summed E-state index contributed by atoms with van der Waals surface area (Å²) in [5.74, 6) is 0. The van der Waals surface area contributed by atoms with Crippen LogP contribution in [0.25, 0.3) is 0 Å². The van der Waals surface area contributed by atoms with Crippen LogP contribution in [0.4, 0.5) is 0 Å². The van der Waals surface area contributed by atoms with E-state index >= 15 is 0 Å². The van der Waals surface area contributed by atoms with Crippen molar-refractivity contribution in [2.45, 2.75) is 24.4 Å². The molecule has 4 atom stereocenters. The number of morpholine rings is 1. The molecule has 0 unspecified atom stereocenters. The van der Waals surface area contributed by atoms with Gasteiger partial charge in [0.2, 0.25) is 0 Å². The molecule has 2 bridgehead atoms. The number of aliphatic hydroxyl groups excluding tert-OH is 2. The lowest BCUT2D eigenvalue weighted by atomic mass is 9.93. The van der Waals surface area contributed by atoms with E-state index < -0.39 is 12.2 Å². The fraction of sp³-hybridized carbons (Fsp3) is 1.00. The molecule has 5 heteroatoms. The smallest absolute Gasteiger partial charge is 0.139 e. The van der Waals surface area contributed by atoms with Gasteiger partial charge < -0.3 is 32.7 Å². The van der Waals surface area contributed by atoms with Crippen molar-refractivity contribution in [3.63, 3.8) is 0 Å². The van der Waals surface area contributed by atoms with Crippen LogP contribution in [-0.2, 0) is 4.74 Å². The number of fused-ring (bicyclic) bond motifs is 3. The summed E-state index contributed by atoms with van der Waals surface area (Å²) in [7, 11) is 0. The molecule has 3 heterocycles. The second-order valence-corrected chi connectivity index (χ2v) is 2.99. The van der Waals surface area contributed by atoms with Crippen molar-refractivity contribution in [3.8, 4) is 0 Å². The Morgan fingerprint density at radius 2 is 2.00 bits per heavy atom. The number of aliphatic hydroxyl groups is 2. The number of quaternary nitrogens is 1. The highest BCUT2D eigenvalue weighted by atomic mass is 35.5. The molecule has 11 heavy (non-hydrogen) atoms. The van der Waals surface area contributed by atoms with Crippen LogP contribution in [-0.4, -0.2) is 47.7 Å². The average molecular weight is 182 g/mol. The van der Waals surface area contributed by atoms with Gasteiger partial charge in [-0.05, 0) is 0 Å². The fourth-order valence-electron chi connectivity index (χ4n) is 1.63. The summed E-state index contributed by atoms with van der Waals surface area (Å²) in [6.07, 6.45) is -1.41. The van der Waals surface area contributed by atoms with E-state index in [1.54, 1.807) is 0 Å². The number of hydrogen-bond acceptors (Lipinski definition) is 3. The van der Waals surface area contributed by atoms with Crippen LogP contribution in [0.3, 0.4) is 0 Å². The molecular formula is C6H12ClNO3. The second-order valence-electron chi connectivity index (χ2n) is 2.99. The molecule has 4 nitrogen and oxygen atoms in total. The van der Waals surface area contributed by atoms with Crippen molar-refractivity contribution in [2.24, 2.45) is 0 Å². The van der Waals surface area contributed by atoms with Crippen LogP contribution in [0.2, 0.25) is 0 Å². The predicted octanol–water partition coefficient (Wildman–Crippen LogP) is -5.94. The largest absolute Gasteiger partial charge is 1.00 e. The normalized spacial score (nSPS) is 48.5. The summed E-state index contributed by atoms with van der Waals surface area (Å²) in [5, 5.41) is 20.6. The van der Waals surface area contributed by atoms with E-state index in [1.165, 1.54) is 0 Å². The summed E-state index contributed by atoms with van der Waals surface area (Å²) in [5.41, 5.74) is 0. The Morgan fingerprint density at radius 3 is 2.27 bits per heavy atom. The van der Waals surface area contributed by atoms with Gasteiger partial charge in [0.1, 0.15) is 37.5 Å². The van der Waals surface area contributed by atoms with Crippen molar-refractivity contribution in [1.82, 2.24) is 0 Å². The average Bonchev–Trinajstić information content (AvgIpc) is 2.00. The molecule has 66 valence electrons. The third kappa shape index (κ3) is 1.37. The van der Waals surface area contributed by atoms with Gasteiger partial charge >= 0.3 is 0 Å². The standard InChI is InChI=1S/C6H11NO3.ClH/c8-5-3-2-10-4(1-7-3)6(5)9;/h3-9H,1-2H2;1H/t3-,4-,5-,6-;/m1./s1. The molecule has 3 aliphatic heterocycles. The van der Waals surface area contributed by atoms with E-state index in [2.05, 4.69) is 0 Å². The number of piperidine rings is 1. The Morgan fingerprint density at radius 1 is 1.27 bits per heavy atom. The molecule has 0 aromatic carbocycles. The molecular weight excluding hydrogens is 170 g/mol. The van der Waals surface area contributed by atoms with Gasteiger partial charge in [0.05, 0.1) is 0 Å². The van der Waals surface area contributed by atoms with Crippen molar-refractivity contribution in [1.29, 1.82) is 0 Å². The van der Waals surface area contributed by atoms with Gasteiger partial charge in [0.25, 0.3) is 0 Å². The molecule has 3 saturated heterocycles. The van der Waals surface area contributed by atoms with E-state index in [0.29, 0.717) is 6.61 Å². The number of hydrogen-bond donors (Lipinski definition) is 3. The van der Waals surface area contributed by atoms with E-state index in [1.807, 2.05) is 5.32 Å². The first kappa shape index (κ1) is 9.22. The lowest BCUT2D eigenvalue weighted by Gasteiger charge is -2.40. The maximum absolute atomic E-state index is 9.31. The van der Waals surface area contributed by atoms with Gasteiger partial charge in [-0.15, -0.1) is 0 Å². The quantitative estimate of drug-likeness (QED) is 0.349. The lowest BCUT2D eigenvalue weighted by molar-refractivity contribution is -0.734. The molecule has 0 spiro atoms. The van der Waals surface area contributed by atoms with Gasteiger partial charge in [-0.2, -0.15) is 0 Å². The first-order chi connectivity index (χ1) is 4.79. The van der Waals surface area contributed by atoms with Gasteiger partial charge in [-0.3, -0.25) is 0 Å². The van der Waals surface area contributed by atoms with E-state index in [0.717, 1.165) is 6.54 Å². The predicted molar refractivity (Wildman–Crippen MR) is 32.3 cm³/mol. The van der Waals surface area contributed by atoms with Crippen molar-refractivity contribution < 1.29 is 32.7 Å². The Hall–Kier alpha value is 0.130. The highest BCUT2D eigenvalue weighted by molar-refractivity contribution is 4.88. The minimum absolute atomic E-state index is 0. The van der Waals surface area contributed by atoms with Gasteiger partial charge in [0.15, 0.2) is 0 Å². The van der Waals surface area contributed by atoms with Crippen LogP contribution in [0.15, 0.2) is 0 Å². The number of rotatable bonds is 0. The molecule has 3 fully saturated rings. The highest BCUT2D eigenvalue weighted by Crippen LogP contribution is 2.15. The summed E-state index contributed by atoms with van der Waals surface area (Å²) >= 11 is 0. The molecule has 0 aromatic heterocycles. The lowest BCUT2D eigenvalue weighted by Crippen LogP contribution is -3.01. The summed E-state index contributed by atoms with van der Waals surface area (Å²) in [6, 6.07) is 0.0556. The fourth-order valence-corrected chi connectivity index (χ4v) is 1.63. The van der Waals surface area contributed by atoms with Crippen molar-refractivity contribution >= 4 is 0 Å². The first-order valence-electron chi connectivity index (χ1n) is 3.60. The second kappa shape index (κ2) is 3.25. The Labute approximate surface area is 71.0 Å². The van der Waals surface area contributed by atoms with E-state index in [4.69, 9.17) is 4.74 Å². The van der Waals surface area contributed by atoms with E-state index in [-0.39, 0.29) is 24.6 Å². The van der Waals surface area contributed by atoms with Gasteiger partial charge in [-0.1, -0.05) is 0 Å². The summed E-state index contributed by atoms with van der Waals surface area (Å²) in [6.45, 7) is 1.35. The Bertz CT molecular complexity index is 118. The molecule has 4 N–H and O–H groups in total. The maximum Gasteiger partial charge on any atom is 0.139 e. The minimum Gasteiger partial charge on any atom is -1.00 e. The minimum atomic E-state index is -0.663. The number of halogens is 1. The summed E-state index contributed by atoms with van der Waals surface area (Å²) in [4.78, 5) is 0. The van der Waals surface area contributed by atoms with Crippen LogP contribution in [0, 0.1) is 0 Å². The van der Waals surface area contributed by atoms with Crippen molar-refractivity contribution in [2.75, 3.05) is 13.2 Å². The zero-order valence-corrected chi connectivity index (χ0v) is 6.74. The SMILES string of the molecule is O[C@H]1[C@H](O)[C@H]2C[NH2+][C@@H]1CO2.[Cl-]. The first-order valence-corrected chi connectivity index (χ1v) is 3.60. The molecule has 3 aliphatic rings. The Kier molecular flexibility index (Phi) is 2.72. The maximum atomic E-state index is 9.31. The molecule has 0 amide bonds. The number of ether oxygens (including phenoxy) is 1. The molecule has 0 saturated carbocycles. The highest BCUT2D eigenvalue weighted by Gasteiger charge is 2.46. The zero-order valence-electron chi connectivity index (χ0n) is 5.98. The summed E-state index contributed by atoms with van der Waals surface area (Å²) < 4.78 is 5.22. The third-order valence-corrected chi connectivity index (χ3v) is 2.34. The molecule has 0 aromatic rings. The van der Waals surface area contributed by atoms with Gasteiger partial charge in [0, 0.05) is 0 Å². The zero-order chi connectivity index (χ0) is 7.14. The van der Waals surface area contributed by atoms with Crippen LogP contribution >= 0.6 is 0 Å². The Balaban J connectivity index is 0.000000605. The third-order valence-electron chi connectivity index (χ3n) is 2.34. The molecule has 3 rings (SSSR count). The molecule has 0 radical (unpaired) electrons. The monoisotopic (exact) mass is 181 g/mol. The van der Waals surface area contributed by atoms with Gasteiger partial charge in [-0.25, -0.2) is 0 Å². The molecule has 0 aliphatic carbocycles. The van der Waals surface area contributed by atoms with Crippen LogP contribution in [0.1, 0.15) is 0 Å². The van der Waals surface area contributed by atoms with E-state index in [9.17, 15) is 10.2 Å².